The van der Waals surface area contributed by atoms with Crippen molar-refractivity contribution in [2.75, 3.05) is 0 Å². The summed E-state index contributed by atoms with van der Waals surface area (Å²) in [5.74, 6) is 7.39. The molecular formula is C16H26N2. The first-order valence-electron chi connectivity index (χ1n) is 7.12. The van der Waals surface area contributed by atoms with Crippen molar-refractivity contribution >= 4 is 0 Å². The van der Waals surface area contributed by atoms with E-state index in [9.17, 15) is 0 Å². The number of nitrogens with two attached hydrogens (primary N) is 1. The second-order valence-electron chi connectivity index (χ2n) is 6.09. The maximum atomic E-state index is 5.78. The Balaban J connectivity index is 2.08. The highest BCUT2D eigenvalue weighted by molar-refractivity contribution is 5.31. The number of benzene rings is 1. The molecule has 3 N–H and O–H groups in total. The number of hydrogen-bond donors (Lipinski definition) is 2. The average Bonchev–Trinajstić information content (AvgIpc) is 2.77. The Hall–Kier alpha value is -0.860. The molecule has 100 valence electrons. The summed E-state index contributed by atoms with van der Waals surface area (Å²) in [5, 5.41) is 0. The number of hydrazine groups is 1. The lowest BCUT2D eigenvalue weighted by Gasteiger charge is -2.24. The maximum Gasteiger partial charge on any atom is 0.0279 e. The molecule has 2 nitrogen and oxygen atoms in total. The van der Waals surface area contributed by atoms with Gasteiger partial charge in [0, 0.05) is 6.04 Å². The fourth-order valence-electron chi connectivity index (χ4n) is 3.24. The highest BCUT2D eigenvalue weighted by Gasteiger charge is 2.28. The number of hydrogen-bond acceptors (Lipinski definition) is 2. The van der Waals surface area contributed by atoms with E-state index in [2.05, 4.69) is 44.4 Å². The monoisotopic (exact) mass is 246 g/mol. The molecule has 2 heteroatoms. The predicted octanol–water partition coefficient (Wildman–Crippen LogP) is 3.11. The molecule has 0 aliphatic heterocycles. The minimum atomic E-state index is 0.426. The molecular weight excluding hydrogens is 220 g/mol. The molecule has 1 saturated carbocycles. The zero-order valence-corrected chi connectivity index (χ0v) is 11.9. The topological polar surface area (TPSA) is 38.0 Å². The molecule has 0 aromatic heterocycles. The average molecular weight is 246 g/mol. The first-order valence-corrected chi connectivity index (χ1v) is 7.12. The van der Waals surface area contributed by atoms with Crippen LogP contribution in [-0.2, 0) is 6.42 Å². The third-order valence-corrected chi connectivity index (χ3v) is 4.46. The van der Waals surface area contributed by atoms with Crippen molar-refractivity contribution in [3.8, 4) is 0 Å². The highest BCUT2D eigenvalue weighted by Crippen LogP contribution is 2.33. The second kappa shape index (κ2) is 5.85. The summed E-state index contributed by atoms with van der Waals surface area (Å²) < 4.78 is 0. The molecule has 1 aliphatic rings. The smallest absolute Gasteiger partial charge is 0.0279 e. The van der Waals surface area contributed by atoms with Crippen LogP contribution in [0, 0.1) is 25.7 Å². The standard InChI is InChI=1S/C16H26N2/c1-11-4-6-13(3)15(9-11)10-16(18-17)14-7-5-12(2)8-14/h4,6,9,12,14,16,18H,5,7-8,10,17H2,1-3H3. The normalized spacial score (nSPS) is 25.3. The Labute approximate surface area is 111 Å². The molecule has 2 rings (SSSR count). The van der Waals surface area contributed by atoms with E-state index in [0.717, 1.165) is 18.3 Å². The minimum Gasteiger partial charge on any atom is -0.271 e. The van der Waals surface area contributed by atoms with Gasteiger partial charge in [-0.25, -0.2) is 0 Å². The summed E-state index contributed by atoms with van der Waals surface area (Å²) in [6, 6.07) is 7.13. The summed E-state index contributed by atoms with van der Waals surface area (Å²) in [4.78, 5) is 0. The molecule has 3 unspecified atom stereocenters. The van der Waals surface area contributed by atoms with E-state index in [0.29, 0.717) is 6.04 Å². The number of rotatable bonds is 4. The van der Waals surface area contributed by atoms with Gasteiger partial charge in [0.15, 0.2) is 0 Å². The molecule has 3 atom stereocenters. The lowest BCUT2D eigenvalue weighted by Crippen LogP contribution is -2.41. The third kappa shape index (κ3) is 3.12. The van der Waals surface area contributed by atoms with Gasteiger partial charge in [0.25, 0.3) is 0 Å². The van der Waals surface area contributed by atoms with E-state index < -0.39 is 0 Å². The van der Waals surface area contributed by atoms with Gasteiger partial charge in [0.2, 0.25) is 0 Å². The van der Waals surface area contributed by atoms with E-state index >= 15 is 0 Å². The van der Waals surface area contributed by atoms with E-state index in [-0.39, 0.29) is 0 Å². The summed E-state index contributed by atoms with van der Waals surface area (Å²) in [6.07, 6.45) is 5.05. The summed E-state index contributed by atoms with van der Waals surface area (Å²) in [6.45, 7) is 6.70. The van der Waals surface area contributed by atoms with Gasteiger partial charge in [-0.2, -0.15) is 0 Å². The fraction of sp³-hybridized carbons (Fsp3) is 0.625. The molecule has 0 saturated heterocycles. The van der Waals surface area contributed by atoms with Gasteiger partial charge >= 0.3 is 0 Å². The Morgan fingerprint density at radius 1 is 1.33 bits per heavy atom. The van der Waals surface area contributed by atoms with Crippen LogP contribution in [-0.4, -0.2) is 6.04 Å². The lowest BCUT2D eigenvalue weighted by atomic mass is 9.90. The Morgan fingerprint density at radius 2 is 2.11 bits per heavy atom. The van der Waals surface area contributed by atoms with Crippen molar-refractivity contribution in [1.82, 2.24) is 5.43 Å². The Bertz CT molecular complexity index is 400. The first kappa shape index (κ1) is 13.6. The van der Waals surface area contributed by atoms with Crippen molar-refractivity contribution < 1.29 is 0 Å². The number of nitrogens with one attached hydrogen (secondary N) is 1. The third-order valence-electron chi connectivity index (χ3n) is 4.46. The molecule has 1 aromatic carbocycles. The molecule has 1 fully saturated rings. The van der Waals surface area contributed by atoms with Crippen molar-refractivity contribution in [3.05, 3.63) is 34.9 Å². The van der Waals surface area contributed by atoms with Crippen LogP contribution in [0.25, 0.3) is 0 Å². The fourth-order valence-corrected chi connectivity index (χ4v) is 3.24. The van der Waals surface area contributed by atoms with Gasteiger partial charge in [-0.3, -0.25) is 11.3 Å². The van der Waals surface area contributed by atoms with Crippen LogP contribution in [0.1, 0.15) is 42.9 Å². The second-order valence-corrected chi connectivity index (χ2v) is 6.09. The molecule has 0 spiro atoms. The molecule has 0 bridgehead atoms. The van der Waals surface area contributed by atoms with E-state index in [4.69, 9.17) is 5.84 Å². The van der Waals surface area contributed by atoms with Gasteiger partial charge in [0.05, 0.1) is 0 Å². The lowest BCUT2D eigenvalue weighted by molar-refractivity contribution is 0.352. The molecule has 1 aromatic rings. The van der Waals surface area contributed by atoms with E-state index in [1.165, 1.54) is 36.0 Å². The van der Waals surface area contributed by atoms with Crippen LogP contribution in [0.2, 0.25) is 0 Å². The summed E-state index contributed by atoms with van der Waals surface area (Å²) >= 11 is 0. The highest BCUT2D eigenvalue weighted by atomic mass is 15.2. The van der Waals surface area contributed by atoms with E-state index in [1.807, 2.05) is 0 Å². The Kier molecular flexibility index (Phi) is 4.41. The molecule has 0 radical (unpaired) electrons. The van der Waals surface area contributed by atoms with Crippen LogP contribution in [0.5, 0.6) is 0 Å². The number of aryl methyl sites for hydroxylation is 2. The van der Waals surface area contributed by atoms with E-state index in [1.54, 1.807) is 0 Å². The Morgan fingerprint density at radius 3 is 2.72 bits per heavy atom. The molecule has 1 aliphatic carbocycles. The van der Waals surface area contributed by atoms with Crippen LogP contribution in [0.4, 0.5) is 0 Å². The van der Waals surface area contributed by atoms with Crippen molar-refractivity contribution in [2.45, 2.75) is 52.5 Å². The summed E-state index contributed by atoms with van der Waals surface area (Å²) in [7, 11) is 0. The molecule has 18 heavy (non-hydrogen) atoms. The van der Waals surface area contributed by atoms with Crippen molar-refractivity contribution in [2.24, 2.45) is 17.7 Å². The zero-order valence-electron chi connectivity index (χ0n) is 11.9. The molecule has 0 heterocycles. The van der Waals surface area contributed by atoms with Crippen LogP contribution < -0.4 is 11.3 Å². The quantitative estimate of drug-likeness (QED) is 0.633. The predicted molar refractivity (Wildman–Crippen MR) is 77.2 cm³/mol. The van der Waals surface area contributed by atoms with Gasteiger partial charge in [-0.05, 0) is 56.1 Å². The van der Waals surface area contributed by atoms with Crippen LogP contribution in [0.3, 0.4) is 0 Å². The zero-order chi connectivity index (χ0) is 13.1. The van der Waals surface area contributed by atoms with Gasteiger partial charge in [-0.15, -0.1) is 0 Å². The van der Waals surface area contributed by atoms with Gasteiger partial charge < -0.3 is 0 Å². The summed E-state index contributed by atoms with van der Waals surface area (Å²) in [5.41, 5.74) is 7.22. The van der Waals surface area contributed by atoms with Crippen molar-refractivity contribution in [3.63, 3.8) is 0 Å². The SMILES string of the molecule is Cc1ccc(C)c(CC(NN)C2CCC(C)C2)c1. The minimum absolute atomic E-state index is 0.426. The first-order chi connectivity index (χ1) is 8.60. The maximum absolute atomic E-state index is 5.78. The van der Waals surface area contributed by atoms with Crippen molar-refractivity contribution in [1.29, 1.82) is 0 Å². The van der Waals surface area contributed by atoms with Gasteiger partial charge in [0.1, 0.15) is 0 Å². The largest absolute Gasteiger partial charge is 0.271 e. The van der Waals surface area contributed by atoms with Crippen LogP contribution in [0.15, 0.2) is 18.2 Å². The van der Waals surface area contributed by atoms with Crippen LogP contribution >= 0.6 is 0 Å². The molecule has 0 amide bonds. The van der Waals surface area contributed by atoms with Gasteiger partial charge in [-0.1, -0.05) is 37.1 Å².